The minimum atomic E-state index is -0.573. The van der Waals surface area contributed by atoms with E-state index in [9.17, 15) is 9.18 Å². The lowest BCUT2D eigenvalue weighted by Gasteiger charge is -2.03. The Bertz CT molecular complexity index is 502. The van der Waals surface area contributed by atoms with Crippen LogP contribution < -0.4 is 5.32 Å². The van der Waals surface area contributed by atoms with Gasteiger partial charge in [0.25, 0.3) is 5.91 Å². The number of nitrogens with zero attached hydrogens (tertiary/aromatic N) is 2. The number of benzene rings is 1. The number of aromatic nitrogens is 2. The molecule has 0 radical (unpaired) electrons. The van der Waals surface area contributed by atoms with Crippen LogP contribution in [0.3, 0.4) is 0 Å². The molecule has 0 fully saturated rings. The maximum absolute atomic E-state index is 13.2. The van der Waals surface area contributed by atoms with Crippen molar-refractivity contribution in [2.24, 2.45) is 0 Å². The summed E-state index contributed by atoms with van der Waals surface area (Å²) < 4.78 is 13.2. The zero-order chi connectivity index (χ0) is 11.4. The molecule has 1 N–H and O–H groups in total. The van der Waals surface area contributed by atoms with E-state index in [4.69, 9.17) is 0 Å². The van der Waals surface area contributed by atoms with Gasteiger partial charge in [-0.25, -0.2) is 14.4 Å². The molecule has 0 saturated carbocycles. The van der Waals surface area contributed by atoms with Crippen molar-refractivity contribution in [2.75, 3.05) is 5.32 Å². The molecule has 2 aromatic rings. The smallest absolute Gasteiger partial charge is 0.260 e. The fraction of sp³-hybridized carbons (Fsp3) is 0. The largest absolute Gasteiger partial charge is 0.290 e. The first kappa shape index (κ1) is 10.2. The van der Waals surface area contributed by atoms with Gasteiger partial charge in [0.1, 0.15) is 5.82 Å². The van der Waals surface area contributed by atoms with Crippen molar-refractivity contribution in [1.82, 2.24) is 9.97 Å². The Morgan fingerprint density at radius 2 is 1.81 bits per heavy atom. The number of rotatable bonds is 2. The van der Waals surface area contributed by atoms with Gasteiger partial charge in [-0.05, 0) is 18.2 Å². The monoisotopic (exact) mass is 217 g/mol. The molecule has 0 unspecified atom stereocenters. The normalized spacial score (nSPS) is 9.81. The summed E-state index contributed by atoms with van der Waals surface area (Å²) in [6.45, 7) is 0. The maximum atomic E-state index is 13.2. The van der Waals surface area contributed by atoms with E-state index in [1.807, 2.05) is 0 Å². The standard InChI is InChI=1S/C11H8FN3O/c12-9-5-2-1-4-8(9)10(16)15-11-13-6-3-7-14-11/h1-7H,(H,13,14,15,16). The SMILES string of the molecule is O=C(Nc1ncccn1)c1ccccc1F. The Morgan fingerprint density at radius 3 is 2.50 bits per heavy atom. The van der Waals surface area contributed by atoms with Crippen LogP contribution in [-0.2, 0) is 0 Å². The molecule has 0 aliphatic rings. The summed E-state index contributed by atoms with van der Waals surface area (Å²) in [7, 11) is 0. The minimum absolute atomic E-state index is 0.0325. The number of nitrogens with one attached hydrogen (secondary N) is 1. The van der Waals surface area contributed by atoms with Crippen LogP contribution in [0.25, 0.3) is 0 Å². The van der Waals surface area contributed by atoms with Gasteiger partial charge in [-0.2, -0.15) is 0 Å². The zero-order valence-corrected chi connectivity index (χ0v) is 8.22. The van der Waals surface area contributed by atoms with Gasteiger partial charge >= 0.3 is 0 Å². The Balaban J connectivity index is 2.19. The molecule has 1 aromatic carbocycles. The Labute approximate surface area is 91.2 Å². The molecule has 4 nitrogen and oxygen atoms in total. The second-order valence-corrected chi connectivity index (χ2v) is 3.01. The van der Waals surface area contributed by atoms with E-state index in [1.54, 1.807) is 12.1 Å². The molecule has 5 heteroatoms. The lowest BCUT2D eigenvalue weighted by Crippen LogP contribution is -2.15. The third kappa shape index (κ3) is 2.20. The summed E-state index contributed by atoms with van der Waals surface area (Å²) in [6.07, 6.45) is 2.98. The van der Waals surface area contributed by atoms with Crippen LogP contribution in [0, 0.1) is 5.82 Å². The van der Waals surface area contributed by atoms with Gasteiger partial charge in [-0.3, -0.25) is 10.1 Å². The number of carbonyl (C=O) groups excluding carboxylic acids is 1. The van der Waals surface area contributed by atoms with E-state index < -0.39 is 11.7 Å². The average Bonchev–Trinajstić information content (AvgIpc) is 2.31. The Morgan fingerprint density at radius 1 is 1.12 bits per heavy atom. The number of anilines is 1. The number of hydrogen-bond acceptors (Lipinski definition) is 3. The van der Waals surface area contributed by atoms with Crippen molar-refractivity contribution in [3.05, 3.63) is 54.1 Å². The predicted octanol–water partition coefficient (Wildman–Crippen LogP) is 1.87. The molecule has 0 saturated heterocycles. The highest BCUT2D eigenvalue weighted by Crippen LogP contribution is 2.08. The van der Waals surface area contributed by atoms with Gasteiger partial charge in [-0.1, -0.05) is 12.1 Å². The molecular formula is C11H8FN3O. The molecule has 16 heavy (non-hydrogen) atoms. The van der Waals surface area contributed by atoms with Crippen LogP contribution in [-0.4, -0.2) is 15.9 Å². The second kappa shape index (κ2) is 4.48. The molecule has 1 aromatic heterocycles. The van der Waals surface area contributed by atoms with Gasteiger partial charge in [0, 0.05) is 12.4 Å². The first-order valence-electron chi connectivity index (χ1n) is 4.60. The third-order valence-corrected chi connectivity index (χ3v) is 1.91. The van der Waals surface area contributed by atoms with Crippen molar-refractivity contribution in [3.8, 4) is 0 Å². The van der Waals surface area contributed by atoms with Crippen LogP contribution in [0.5, 0.6) is 0 Å². The van der Waals surface area contributed by atoms with E-state index in [0.29, 0.717) is 0 Å². The number of halogens is 1. The third-order valence-electron chi connectivity index (χ3n) is 1.91. The molecule has 0 aliphatic carbocycles. The molecule has 1 heterocycles. The quantitative estimate of drug-likeness (QED) is 0.835. The highest BCUT2D eigenvalue weighted by Gasteiger charge is 2.11. The van der Waals surface area contributed by atoms with Crippen LogP contribution in [0.15, 0.2) is 42.7 Å². The molecule has 0 spiro atoms. The van der Waals surface area contributed by atoms with E-state index in [0.717, 1.165) is 0 Å². The van der Waals surface area contributed by atoms with Crippen molar-refractivity contribution >= 4 is 11.9 Å². The van der Waals surface area contributed by atoms with Crippen molar-refractivity contribution in [1.29, 1.82) is 0 Å². The summed E-state index contributed by atoms with van der Waals surface area (Å²) in [6, 6.07) is 7.35. The minimum Gasteiger partial charge on any atom is -0.290 e. The molecule has 0 atom stereocenters. The molecular weight excluding hydrogens is 209 g/mol. The summed E-state index contributed by atoms with van der Waals surface area (Å²) in [5.74, 6) is -0.990. The van der Waals surface area contributed by atoms with E-state index in [-0.39, 0.29) is 11.5 Å². The van der Waals surface area contributed by atoms with E-state index in [2.05, 4.69) is 15.3 Å². The lowest BCUT2D eigenvalue weighted by atomic mass is 10.2. The van der Waals surface area contributed by atoms with Crippen molar-refractivity contribution < 1.29 is 9.18 Å². The first-order valence-corrected chi connectivity index (χ1v) is 4.60. The molecule has 1 amide bonds. The van der Waals surface area contributed by atoms with Crippen molar-refractivity contribution in [2.45, 2.75) is 0 Å². The Kier molecular flexibility index (Phi) is 2.86. The van der Waals surface area contributed by atoms with Gasteiger partial charge in [-0.15, -0.1) is 0 Å². The Hall–Kier alpha value is -2.30. The maximum Gasteiger partial charge on any atom is 0.260 e. The first-order chi connectivity index (χ1) is 7.77. The van der Waals surface area contributed by atoms with Crippen LogP contribution >= 0.6 is 0 Å². The van der Waals surface area contributed by atoms with Gasteiger partial charge in [0.2, 0.25) is 5.95 Å². The van der Waals surface area contributed by atoms with E-state index in [1.165, 1.54) is 30.6 Å². The summed E-state index contributed by atoms with van der Waals surface area (Å²) in [5.41, 5.74) is -0.0325. The molecule has 0 bridgehead atoms. The molecule has 80 valence electrons. The molecule has 2 rings (SSSR count). The van der Waals surface area contributed by atoms with Gasteiger partial charge in [0.15, 0.2) is 0 Å². The number of carbonyl (C=O) groups is 1. The topological polar surface area (TPSA) is 54.9 Å². The van der Waals surface area contributed by atoms with Crippen LogP contribution in [0.2, 0.25) is 0 Å². The van der Waals surface area contributed by atoms with Gasteiger partial charge < -0.3 is 0 Å². The fourth-order valence-electron chi connectivity index (χ4n) is 1.18. The molecule has 0 aliphatic heterocycles. The van der Waals surface area contributed by atoms with E-state index >= 15 is 0 Å². The van der Waals surface area contributed by atoms with Gasteiger partial charge in [0.05, 0.1) is 5.56 Å². The average molecular weight is 217 g/mol. The highest BCUT2D eigenvalue weighted by molar-refractivity contribution is 6.03. The number of hydrogen-bond donors (Lipinski definition) is 1. The highest BCUT2D eigenvalue weighted by atomic mass is 19.1. The van der Waals surface area contributed by atoms with Crippen LogP contribution in [0.1, 0.15) is 10.4 Å². The zero-order valence-electron chi connectivity index (χ0n) is 8.22. The predicted molar refractivity (Wildman–Crippen MR) is 56.4 cm³/mol. The second-order valence-electron chi connectivity index (χ2n) is 3.01. The summed E-state index contributed by atoms with van der Waals surface area (Å²) in [5, 5.41) is 2.40. The summed E-state index contributed by atoms with van der Waals surface area (Å²) >= 11 is 0. The van der Waals surface area contributed by atoms with Crippen molar-refractivity contribution in [3.63, 3.8) is 0 Å². The lowest BCUT2D eigenvalue weighted by molar-refractivity contribution is 0.102. The van der Waals surface area contributed by atoms with Crippen LogP contribution in [0.4, 0.5) is 10.3 Å². The fourth-order valence-corrected chi connectivity index (χ4v) is 1.18. The number of amides is 1. The summed E-state index contributed by atoms with van der Waals surface area (Å²) in [4.78, 5) is 19.2.